The molecule has 110 valence electrons. The Morgan fingerprint density at radius 2 is 1.86 bits per heavy atom. The quantitative estimate of drug-likeness (QED) is 0.937. The number of aromatic nitrogens is 2. The topological polar surface area (TPSA) is 54.9 Å². The first-order valence-corrected chi connectivity index (χ1v) is 7.14. The monoisotopic (exact) mass is 283 g/mol. The maximum atomic E-state index is 12.2. The Balaban J connectivity index is 2.05. The lowest BCUT2D eigenvalue weighted by Crippen LogP contribution is -2.24. The van der Waals surface area contributed by atoms with E-state index in [1.165, 1.54) is 5.56 Å². The van der Waals surface area contributed by atoms with Crippen LogP contribution in [-0.2, 0) is 6.54 Å². The number of amides is 1. The number of nitrogens with one attached hydrogen (secondary N) is 1. The zero-order chi connectivity index (χ0) is 15.4. The van der Waals surface area contributed by atoms with Gasteiger partial charge in [0.05, 0.1) is 11.3 Å². The van der Waals surface area contributed by atoms with Crippen molar-refractivity contribution in [2.45, 2.75) is 40.2 Å². The molecule has 0 spiro atoms. The molecular weight excluding hydrogens is 262 g/mol. The summed E-state index contributed by atoms with van der Waals surface area (Å²) in [7, 11) is 0. The predicted molar refractivity (Wildman–Crippen MR) is 83.2 cm³/mol. The number of nitrogens with zero attached hydrogens (tertiary/aromatic N) is 2. The standard InChI is InChI=1S/C17H21N3O/c1-11(2)16-18-10-15(13(4)20-16)17(21)19-9-14-7-5-12(3)6-8-14/h5-8,10-11H,9H2,1-4H3,(H,19,21). The van der Waals surface area contributed by atoms with Crippen molar-refractivity contribution in [1.29, 1.82) is 0 Å². The molecule has 4 nitrogen and oxygen atoms in total. The lowest BCUT2D eigenvalue weighted by Gasteiger charge is -2.09. The van der Waals surface area contributed by atoms with Gasteiger partial charge in [0.1, 0.15) is 5.82 Å². The van der Waals surface area contributed by atoms with Gasteiger partial charge in [-0.1, -0.05) is 43.7 Å². The molecule has 1 N–H and O–H groups in total. The SMILES string of the molecule is Cc1ccc(CNC(=O)c2cnc(C(C)C)nc2C)cc1. The van der Waals surface area contributed by atoms with Crippen molar-refractivity contribution >= 4 is 5.91 Å². The molecule has 0 saturated carbocycles. The first kappa shape index (κ1) is 15.2. The van der Waals surface area contributed by atoms with E-state index in [-0.39, 0.29) is 11.8 Å². The van der Waals surface area contributed by atoms with Crippen LogP contribution < -0.4 is 5.32 Å². The molecule has 4 heteroatoms. The van der Waals surface area contributed by atoms with E-state index in [0.29, 0.717) is 12.1 Å². The molecule has 1 aromatic heterocycles. The van der Waals surface area contributed by atoms with E-state index in [2.05, 4.69) is 15.3 Å². The maximum Gasteiger partial charge on any atom is 0.254 e. The predicted octanol–water partition coefficient (Wildman–Crippen LogP) is 3.15. The summed E-state index contributed by atoms with van der Waals surface area (Å²) in [6.07, 6.45) is 1.61. The van der Waals surface area contributed by atoms with E-state index in [4.69, 9.17) is 0 Å². The van der Waals surface area contributed by atoms with Crippen LogP contribution in [0.2, 0.25) is 0 Å². The second kappa shape index (κ2) is 6.48. The minimum Gasteiger partial charge on any atom is -0.348 e. The van der Waals surface area contributed by atoms with Gasteiger partial charge in [-0.25, -0.2) is 9.97 Å². The van der Waals surface area contributed by atoms with Crippen LogP contribution in [0.25, 0.3) is 0 Å². The number of carbonyl (C=O) groups is 1. The molecule has 0 atom stereocenters. The van der Waals surface area contributed by atoms with E-state index in [1.54, 1.807) is 6.20 Å². The van der Waals surface area contributed by atoms with Gasteiger partial charge in [0.15, 0.2) is 0 Å². The van der Waals surface area contributed by atoms with Gasteiger partial charge in [-0.15, -0.1) is 0 Å². The fourth-order valence-electron chi connectivity index (χ4n) is 1.97. The summed E-state index contributed by atoms with van der Waals surface area (Å²) in [6, 6.07) is 8.10. The Labute approximate surface area is 125 Å². The molecule has 0 radical (unpaired) electrons. The van der Waals surface area contributed by atoms with E-state index in [0.717, 1.165) is 17.1 Å². The van der Waals surface area contributed by atoms with Crippen molar-refractivity contribution in [3.63, 3.8) is 0 Å². The van der Waals surface area contributed by atoms with Crippen LogP contribution in [0.15, 0.2) is 30.5 Å². The number of carbonyl (C=O) groups excluding carboxylic acids is 1. The lowest BCUT2D eigenvalue weighted by atomic mass is 10.1. The Bertz CT molecular complexity index is 633. The zero-order valence-electron chi connectivity index (χ0n) is 13.0. The third kappa shape index (κ3) is 3.88. The zero-order valence-corrected chi connectivity index (χ0v) is 13.0. The molecule has 1 amide bonds. The molecule has 0 unspecified atom stereocenters. The Morgan fingerprint density at radius 1 is 1.19 bits per heavy atom. The average Bonchev–Trinajstić information content (AvgIpc) is 2.46. The van der Waals surface area contributed by atoms with Gasteiger partial charge in [-0.05, 0) is 19.4 Å². The highest BCUT2D eigenvalue weighted by Gasteiger charge is 2.12. The minimum atomic E-state index is -0.136. The van der Waals surface area contributed by atoms with Crippen LogP contribution >= 0.6 is 0 Å². The maximum absolute atomic E-state index is 12.2. The summed E-state index contributed by atoms with van der Waals surface area (Å²) in [6.45, 7) is 8.45. The van der Waals surface area contributed by atoms with Gasteiger partial charge >= 0.3 is 0 Å². The van der Waals surface area contributed by atoms with Crippen LogP contribution in [0.4, 0.5) is 0 Å². The molecule has 1 heterocycles. The number of benzene rings is 1. The van der Waals surface area contributed by atoms with Crippen LogP contribution in [0.5, 0.6) is 0 Å². The van der Waals surface area contributed by atoms with E-state index >= 15 is 0 Å². The van der Waals surface area contributed by atoms with Crippen molar-refractivity contribution < 1.29 is 4.79 Å². The van der Waals surface area contributed by atoms with Crippen molar-refractivity contribution in [2.24, 2.45) is 0 Å². The number of hydrogen-bond acceptors (Lipinski definition) is 3. The smallest absolute Gasteiger partial charge is 0.254 e. The summed E-state index contributed by atoms with van der Waals surface area (Å²) in [5.74, 6) is 0.888. The van der Waals surface area contributed by atoms with Crippen molar-refractivity contribution in [3.05, 3.63) is 58.7 Å². The summed E-state index contributed by atoms with van der Waals surface area (Å²) in [5.41, 5.74) is 3.53. The number of aryl methyl sites for hydroxylation is 2. The van der Waals surface area contributed by atoms with Gasteiger partial charge in [-0.3, -0.25) is 4.79 Å². The molecule has 0 fully saturated rings. The molecule has 1 aromatic carbocycles. The van der Waals surface area contributed by atoms with Crippen LogP contribution in [0, 0.1) is 13.8 Å². The molecule has 0 saturated heterocycles. The summed E-state index contributed by atoms with van der Waals surface area (Å²) >= 11 is 0. The Kier molecular flexibility index (Phi) is 4.68. The van der Waals surface area contributed by atoms with Gasteiger partial charge in [-0.2, -0.15) is 0 Å². The molecular formula is C17H21N3O. The normalized spacial score (nSPS) is 10.7. The lowest BCUT2D eigenvalue weighted by molar-refractivity contribution is 0.0949. The van der Waals surface area contributed by atoms with E-state index < -0.39 is 0 Å². The van der Waals surface area contributed by atoms with Gasteiger partial charge in [0, 0.05) is 18.7 Å². The minimum absolute atomic E-state index is 0.136. The van der Waals surface area contributed by atoms with Crippen molar-refractivity contribution in [3.8, 4) is 0 Å². The highest BCUT2D eigenvalue weighted by Crippen LogP contribution is 2.11. The van der Waals surface area contributed by atoms with Gasteiger partial charge in [0.25, 0.3) is 5.91 Å². The molecule has 0 bridgehead atoms. The van der Waals surface area contributed by atoms with Gasteiger partial charge in [0.2, 0.25) is 0 Å². The first-order chi connectivity index (χ1) is 9.97. The molecule has 21 heavy (non-hydrogen) atoms. The summed E-state index contributed by atoms with van der Waals surface area (Å²) < 4.78 is 0. The van der Waals surface area contributed by atoms with Crippen LogP contribution in [0.1, 0.15) is 52.8 Å². The fourth-order valence-corrected chi connectivity index (χ4v) is 1.97. The molecule has 2 aromatic rings. The Morgan fingerprint density at radius 3 is 2.43 bits per heavy atom. The molecule has 0 aliphatic heterocycles. The first-order valence-electron chi connectivity index (χ1n) is 7.14. The fraction of sp³-hybridized carbons (Fsp3) is 0.353. The third-order valence-corrected chi connectivity index (χ3v) is 3.33. The van der Waals surface area contributed by atoms with Gasteiger partial charge < -0.3 is 5.32 Å². The Hall–Kier alpha value is -2.23. The highest BCUT2D eigenvalue weighted by molar-refractivity contribution is 5.94. The van der Waals surface area contributed by atoms with Crippen LogP contribution in [-0.4, -0.2) is 15.9 Å². The highest BCUT2D eigenvalue weighted by atomic mass is 16.1. The summed E-state index contributed by atoms with van der Waals surface area (Å²) in [4.78, 5) is 20.8. The molecule has 2 rings (SSSR count). The second-order valence-electron chi connectivity index (χ2n) is 5.55. The average molecular weight is 283 g/mol. The number of rotatable bonds is 4. The number of hydrogen-bond donors (Lipinski definition) is 1. The largest absolute Gasteiger partial charge is 0.348 e. The third-order valence-electron chi connectivity index (χ3n) is 3.33. The second-order valence-corrected chi connectivity index (χ2v) is 5.55. The van der Waals surface area contributed by atoms with Crippen molar-refractivity contribution in [1.82, 2.24) is 15.3 Å². The van der Waals surface area contributed by atoms with Crippen LogP contribution in [0.3, 0.4) is 0 Å². The summed E-state index contributed by atoms with van der Waals surface area (Å²) in [5, 5.41) is 2.91. The van der Waals surface area contributed by atoms with Crippen molar-refractivity contribution in [2.75, 3.05) is 0 Å². The molecule has 0 aliphatic carbocycles. The molecule has 0 aliphatic rings. The van der Waals surface area contributed by atoms with E-state index in [1.807, 2.05) is 52.0 Å². The van der Waals surface area contributed by atoms with E-state index in [9.17, 15) is 4.79 Å².